The number of imidazole rings is 1. The maximum atomic E-state index is 12.6. The Bertz CT molecular complexity index is 854. The Morgan fingerprint density at radius 1 is 1.18 bits per heavy atom. The lowest BCUT2D eigenvalue weighted by atomic mass is 10.1. The van der Waals surface area contributed by atoms with E-state index in [9.17, 15) is 4.79 Å². The van der Waals surface area contributed by atoms with E-state index in [2.05, 4.69) is 17.2 Å². The van der Waals surface area contributed by atoms with Crippen molar-refractivity contribution in [2.75, 3.05) is 11.6 Å². The number of fused-ring (bicyclic) bond motifs is 1. The van der Waals surface area contributed by atoms with Gasteiger partial charge in [-0.05, 0) is 55.5 Å². The second-order valence-electron chi connectivity index (χ2n) is 5.16. The fourth-order valence-electron chi connectivity index (χ4n) is 2.33. The van der Waals surface area contributed by atoms with E-state index >= 15 is 0 Å². The highest BCUT2D eigenvalue weighted by Crippen LogP contribution is 2.21. The number of aryl methyl sites for hydroxylation is 2. The summed E-state index contributed by atoms with van der Waals surface area (Å²) in [5.41, 5.74) is 4.40. The zero-order valence-electron chi connectivity index (χ0n) is 12.8. The zero-order chi connectivity index (χ0) is 15.7. The lowest BCUT2D eigenvalue weighted by Gasteiger charge is -2.06. The molecule has 5 heteroatoms. The van der Waals surface area contributed by atoms with Gasteiger partial charge in [-0.25, -0.2) is 4.98 Å². The molecule has 0 spiro atoms. The third kappa shape index (κ3) is 2.60. The van der Waals surface area contributed by atoms with Gasteiger partial charge in [-0.1, -0.05) is 23.9 Å². The first-order chi connectivity index (χ1) is 10.6. The molecule has 1 amide bonds. The monoisotopic (exact) mass is 311 g/mol. The van der Waals surface area contributed by atoms with Gasteiger partial charge in [-0.15, -0.1) is 0 Å². The molecule has 2 heterocycles. The molecule has 0 saturated heterocycles. The second-order valence-corrected chi connectivity index (χ2v) is 5.93. The molecule has 0 bridgehead atoms. The topological polar surface area (TPSA) is 46.4 Å². The molecule has 22 heavy (non-hydrogen) atoms. The number of hydrogen-bond donors (Lipinski definition) is 1. The van der Waals surface area contributed by atoms with E-state index in [0.717, 1.165) is 21.9 Å². The largest absolute Gasteiger partial charge is 0.321 e. The van der Waals surface area contributed by atoms with E-state index < -0.39 is 0 Å². The van der Waals surface area contributed by atoms with Crippen molar-refractivity contribution in [2.45, 2.75) is 19.0 Å². The summed E-state index contributed by atoms with van der Waals surface area (Å²) in [7, 11) is 0. The fraction of sp³-hybridized carbons (Fsp3) is 0.176. The minimum Gasteiger partial charge on any atom is -0.321 e. The van der Waals surface area contributed by atoms with Crippen molar-refractivity contribution in [3.8, 4) is 0 Å². The van der Waals surface area contributed by atoms with Gasteiger partial charge in [0.2, 0.25) is 0 Å². The van der Waals surface area contributed by atoms with Crippen molar-refractivity contribution in [3.05, 3.63) is 59.4 Å². The van der Waals surface area contributed by atoms with Gasteiger partial charge in [0.25, 0.3) is 5.91 Å². The number of carbonyl (C=O) groups excluding carboxylic acids is 1. The third-order valence-corrected chi connectivity index (χ3v) is 4.33. The minimum absolute atomic E-state index is 0.188. The summed E-state index contributed by atoms with van der Waals surface area (Å²) >= 11 is 1.52. The summed E-state index contributed by atoms with van der Waals surface area (Å²) in [5, 5.41) is 3.74. The number of anilines is 1. The Labute approximate surface area is 133 Å². The Balaban J connectivity index is 1.97. The van der Waals surface area contributed by atoms with Gasteiger partial charge >= 0.3 is 0 Å². The number of pyridine rings is 1. The number of benzene rings is 1. The summed E-state index contributed by atoms with van der Waals surface area (Å²) in [4.78, 5) is 17.0. The maximum absolute atomic E-state index is 12.6. The minimum atomic E-state index is -0.188. The summed E-state index contributed by atoms with van der Waals surface area (Å²) < 4.78 is 1.93. The SMILES string of the molecule is CSc1nc(C(=O)Nc2ccc(C)c(C)c2)c2ccccn12. The van der Waals surface area contributed by atoms with Gasteiger partial charge < -0.3 is 5.32 Å². The van der Waals surface area contributed by atoms with Crippen LogP contribution in [0.15, 0.2) is 47.8 Å². The molecular formula is C17H17N3OS. The van der Waals surface area contributed by atoms with E-state index in [-0.39, 0.29) is 5.91 Å². The summed E-state index contributed by atoms with van der Waals surface area (Å²) in [5.74, 6) is -0.188. The van der Waals surface area contributed by atoms with Crippen LogP contribution < -0.4 is 5.32 Å². The van der Waals surface area contributed by atoms with Crippen LogP contribution in [0.5, 0.6) is 0 Å². The van der Waals surface area contributed by atoms with Crippen LogP contribution in [-0.4, -0.2) is 21.5 Å². The maximum Gasteiger partial charge on any atom is 0.276 e. The molecule has 1 aromatic carbocycles. The van der Waals surface area contributed by atoms with Crippen LogP contribution in [0.3, 0.4) is 0 Å². The van der Waals surface area contributed by atoms with Crippen LogP contribution in [0.25, 0.3) is 5.52 Å². The van der Waals surface area contributed by atoms with Gasteiger partial charge in [0.15, 0.2) is 10.9 Å². The summed E-state index contributed by atoms with van der Waals surface area (Å²) in [6.07, 6.45) is 3.87. The molecule has 0 fully saturated rings. The van der Waals surface area contributed by atoms with E-state index in [1.165, 1.54) is 17.3 Å². The first kappa shape index (κ1) is 14.7. The molecule has 0 saturated carbocycles. The third-order valence-electron chi connectivity index (χ3n) is 3.68. The first-order valence-corrected chi connectivity index (χ1v) is 8.22. The lowest BCUT2D eigenvalue weighted by Crippen LogP contribution is -2.13. The Hall–Kier alpha value is -2.27. The quantitative estimate of drug-likeness (QED) is 0.746. The average molecular weight is 311 g/mol. The molecule has 112 valence electrons. The fourth-order valence-corrected chi connectivity index (χ4v) is 2.87. The number of amides is 1. The van der Waals surface area contributed by atoms with Crippen molar-refractivity contribution in [1.82, 2.24) is 9.38 Å². The molecule has 0 unspecified atom stereocenters. The predicted molar refractivity (Wildman–Crippen MR) is 90.8 cm³/mol. The first-order valence-electron chi connectivity index (χ1n) is 7.00. The molecule has 2 aromatic heterocycles. The lowest BCUT2D eigenvalue weighted by molar-refractivity contribution is 0.102. The molecular weight excluding hydrogens is 294 g/mol. The number of carbonyl (C=O) groups is 1. The van der Waals surface area contributed by atoms with E-state index in [4.69, 9.17) is 0 Å². The van der Waals surface area contributed by atoms with Crippen molar-refractivity contribution < 1.29 is 4.79 Å². The van der Waals surface area contributed by atoms with Crippen LogP contribution in [-0.2, 0) is 0 Å². The molecule has 3 aromatic rings. The number of aromatic nitrogens is 2. The van der Waals surface area contributed by atoms with Gasteiger partial charge in [-0.2, -0.15) is 0 Å². The van der Waals surface area contributed by atoms with Crippen LogP contribution in [0.1, 0.15) is 21.6 Å². The molecule has 0 radical (unpaired) electrons. The van der Waals surface area contributed by atoms with E-state index in [0.29, 0.717) is 5.69 Å². The zero-order valence-corrected chi connectivity index (χ0v) is 13.6. The highest BCUT2D eigenvalue weighted by molar-refractivity contribution is 7.98. The van der Waals surface area contributed by atoms with Gasteiger partial charge in [0.1, 0.15) is 0 Å². The van der Waals surface area contributed by atoms with Crippen LogP contribution >= 0.6 is 11.8 Å². The Kier molecular flexibility index (Phi) is 3.90. The van der Waals surface area contributed by atoms with Gasteiger partial charge in [0, 0.05) is 11.9 Å². The number of nitrogens with zero attached hydrogens (tertiary/aromatic N) is 2. The van der Waals surface area contributed by atoms with Crippen LogP contribution in [0.2, 0.25) is 0 Å². The second kappa shape index (κ2) is 5.85. The van der Waals surface area contributed by atoms with Gasteiger partial charge in [-0.3, -0.25) is 9.20 Å². The number of thioether (sulfide) groups is 1. The summed E-state index contributed by atoms with van der Waals surface area (Å²) in [6, 6.07) is 11.6. The molecule has 0 atom stereocenters. The number of nitrogens with one attached hydrogen (secondary N) is 1. The molecule has 4 nitrogen and oxygen atoms in total. The standard InChI is InChI=1S/C17H17N3OS/c1-11-7-8-13(10-12(11)2)18-16(21)15-14-6-4-5-9-20(14)17(19-15)22-3/h4-10H,1-3H3,(H,18,21). The van der Waals surface area contributed by atoms with Crippen LogP contribution in [0.4, 0.5) is 5.69 Å². The van der Waals surface area contributed by atoms with Gasteiger partial charge in [0.05, 0.1) is 5.52 Å². The Morgan fingerprint density at radius 2 is 2.00 bits per heavy atom. The van der Waals surface area contributed by atoms with Crippen molar-refractivity contribution in [3.63, 3.8) is 0 Å². The van der Waals surface area contributed by atoms with Crippen LogP contribution in [0, 0.1) is 13.8 Å². The van der Waals surface area contributed by atoms with E-state index in [1.54, 1.807) is 0 Å². The van der Waals surface area contributed by atoms with Crippen molar-refractivity contribution in [1.29, 1.82) is 0 Å². The number of hydrogen-bond acceptors (Lipinski definition) is 3. The normalized spacial score (nSPS) is 10.9. The summed E-state index contributed by atoms with van der Waals surface area (Å²) in [6.45, 7) is 4.08. The molecule has 0 aliphatic heterocycles. The average Bonchev–Trinajstić information content (AvgIpc) is 2.90. The highest BCUT2D eigenvalue weighted by Gasteiger charge is 2.17. The molecule has 0 aliphatic rings. The molecule has 0 aliphatic carbocycles. The predicted octanol–water partition coefficient (Wildman–Crippen LogP) is 3.93. The van der Waals surface area contributed by atoms with Crippen molar-refractivity contribution >= 4 is 28.9 Å². The van der Waals surface area contributed by atoms with Crippen molar-refractivity contribution in [2.24, 2.45) is 0 Å². The molecule has 3 rings (SSSR count). The smallest absolute Gasteiger partial charge is 0.276 e. The highest BCUT2D eigenvalue weighted by atomic mass is 32.2. The number of rotatable bonds is 3. The molecule has 1 N–H and O–H groups in total. The van der Waals surface area contributed by atoms with E-state index in [1.807, 2.05) is 60.2 Å². The Morgan fingerprint density at radius 3 is 2.73 bits per heavy atom.